The summed E-state index contributed by atoms with van der Waals surface area (Å²) < 4.78 is 0. The van der Waals surface area contributed by atoms with E-state index in [0.717, 1.165) is 16.8 Å². The number of ketones is 1. The smallest absolute Gasteiger partial charge is 0.170 e. The first-order valence-corrected chi connectivity index (χ1v) is 6.37. The van der Waals surface area contributed by atoms with E-state index < -0.39 is 0 Å². The molecule has 1 aromatic heterocycles. The minimum atomic E-state index is -0.368. The molecule has 0 aliphatic rings. The van der Waals surface area contributed by atoms with Crippen LogP contribution in [0.3, 0.4) is 0 Å². The topological polar surface area (TPSA) is 32.9 Å². The van der Waals surface area contributed by atoms with Gasteiger partial charge in [0, 0.05) is 28.4 Å². The molecule has 0 aromatic carbocycles. The lowest BCUT2D eigenvalue weighted by Gasteiger charge is -2.27. The third-order valence-electron chi connectivity index (χ3n) is 3.76. The van der Waals surface area contributed by atoms with Gasteiger partial charge >= 0.3 is 0 Å². The van der Waals surface area contributed by atoms with E-state index in [0.29, 0.717) is 5.92 Å². The van der Waals surface area contributed by atoms with Crippen molar-refractivity contribution in [2.75, 3.05) is 0 Å². The van der Waals surface area contributed by atoms with Gasteiger partial charge in [0.05, 0.1) is 0 Å². The minimum Gasteiger partial charge on any atom is -0.360 e. The molecule has 18 heavy (non-hydrogen) atoms. The molecule has 0 aliphatic carbocycles. The van der Waals surface area contributed by atoms with Crippen molar-refractivity contribution in [1.82, 2.24) is 4.98 Å². The molecule has 0 unspecified atom stereocenters. The van der Waals surface area contributed by atoms with Crippen molar-refractivity contribution in [2.45, 2.75) is 34.6 Å². The zero-order chi connectivity index (χ0) is 13.9. The summed E-state index contributed by atoms with van der Waals surface area (Å²) in [4.78, 5) is 15.8. The van der Waals surface area contributed by atoms with Crippen molar-refractivity contribution in [3.8, 4) is 0 Å². The van der Waals surface area contributed by atoms with Gasteiger partial charge in [0.1, 0.15) is 0 Å². The summed E-state index contributed by atoms with van der Waals surface area (Å²) in [5.74, 6) is 0.460. The highest BCUT2D eigenvalue weighted by Gasteiger charge is 2.33. The van der Waals surface area contributed by atoms with Crippen molar-refractivity contribution in [3.05, 3.63) is 35.7 Å². The molecule has 0 fully saturated rings. The number of hydrogen-bond acceptors (Lipinski definition) is 1. The molecule has 0 radical (unpaired) electrons. The normalized spacial score (nSPS) is 12.3. The number of allylic oxidation sites excluding steroid dienone is 1. The maximum absolute atomic E-state index is 12.6. The molecule has 0 amide bonds. The lowest BCUT2D eigenvalue weighted by molar-refractivity contribution is 0.0772. The first kappa shape index (κ1) is 14.5. The summed E-state index contributed by atoms with van der Waals surface area (Å²) in [6.07, 6.45) is 7.44. The van der Waals surface area contributed by atoms with E-state index in [-0.39, 0.29) is 11.2 Å². The van der Waals surface area contributed by atoms with Crippen LogP contribution in [0.25, 0.3) is 12.2 Å². The van der Waals surface area contributed by atoms with Crippen LogP contribution in [-0.2, 0) is 0 Å². The third kappa shape index (κ3) is 2.47. The fourth-order valence-electron chi connectivity index (χ4n) is 1.77. The van der Waals surface area contributed by atoms with Crippen molar-refractivity contribution < 1.29 is 4.79 Å². The van der Waals surface area contributed by atoms with Crippen LogP contribution in [0.1, 0.15) is 56.2 Å². The van der Waals surface area contributed by atoms with Crippen LogP contribution in [0.4, 0.5) is 0 Å². The lowest BCUT2D eigenvalue weighted by atomic mass is 9.75. The molecule has 0 spiro atoms. The first-order chi connectivity index (χ1) is 8.36. The number of carbonyl (C=O) groups excluding carboxylic acids is 1. The summed E-state index contributed by atoms with van der Waals surface area (Å²) in [5, 5.41) is 0. The molecule has 0 saturated heterocycles. The maximum atomic E-state index is 12.6. The monoisotopic (exact) mass is 245 g/mol. The van der Waals surface area contributed by atoms with Crippen LogP contribution in [0.2, 0.25) is 0 Å². The fraction of sp³-hybridized carbons (Fsp3) is 0.438. The second kappa shape index (κ2) is 5.38. The number of aromatic amines is 1. The van der Waals surface area contributed by atoms with Crippen molar-refractivity contribution >= 4 is 17.9 Å². The number of hydrogen-bond donors (Lipinski definition) is 1. The van der Waals surface area contributed by atoms with E-state index in [1.54, 1.807) is 12.3 Å². The number of carbonyl (C=O) groups is 1. The maximum Gasteiger partial charge on any atom is 0.170 e. The van der Waals surface area contributed by atoms with Gasteiger partial charge in [-0.1, -0.05) is 46.4 Å². The van der Waals surface area contributed by atoms with Crippen molar-refractivity contribution in [1.29, 1.82) is 0 Å². The van der Waals surface area contributed by atoms with Gasteiger partial charge in [-0.15, -0.1) is 0 Å². The summed E-state index contributed by atoms with van der Waals surface area (Å²) in [5.41, 5.74) is 2.20. The number of rotatable bonds is 5. The third-order valence-corrected chi connectivity index (χ3v) is 3.76. The van der Waals surface area contributed by atoms with Gasteiger partial charge in [0.25, 0.3) is 0 Å². The van der Waals surface area contributed by atoms with Gasteiger partial charge in [0.2, 0.25) is 0 Å². The average Bonchev–Trinajstić information content (AvgIpc) is 2.71. The Morgan fingerprint density at radius 3 is 2.50 bits per heavy atom. The van der Waals surface area contributed by atoms with Crippen LogP contribution >= 0.6 is 0 Å². The highest BCUT2D eigenvalue weighted by atomic mass is 16.1. The SMILES string of the molecule is C=Cc1c(C(=O)C(C)(C)C(C)C)c[nH]c1/C=C\C. The Hall–Kier alpha value is -1.57. The highest BCUT2D eigenvalue weighted by molar-refractivity contribution is 6.03. The van der Waals surface area contributed by atoms with E-state index in [1.165, 1.54) is 0 Å². The second-order valence-corrected chi connectivity index (χ2v) is 5.44. The largest absolute Gasteiger partial charge is 0.360 e. The van der Waals surface area contributed by atoms with Gasteiger partial charge in [-0.25, -0.2) is 0 Å². The summed E-state index contributed by atoms with van der Waals surface area (Å²) in [6, 6.07) is 0. The minimum absolute atomic E-state index is 0.166. The Balaban J connectivity index is 3.26. The standard InChI is InChI=1S/C16H23NO/c1-7-9-14-12(8-2)13(10-17-14)15(18)16(5,6)11(3)4/h7-11,17H,2H2,1,3-6H3/b9-7-. The Morgan fingerprint density at radius 2 is 2.06 bits per heavy atom. The van der Waals surface area contributed by atoms with Gasteiger partial charge in [0.15, 0.2) is 5.78 Å². The average molecular weight is 245 g/mol. The number of nitrogens with one attached hydrogen (secondary N) is 1. The van der Waals surface area contributed by atoms with Crippen LogP contribution in [0, 0.1) is 11.3 Å². The fourth-order valence-corrected chi connectivity index (χ4v) is 1.77. The molecule has 2 heteroatoms. The van der Waals surface area contributed by atoms with Gasteiger partial charge in [-0.2, -0.15) is 0 Å². The molecule has 1 rings (SSSR count). The zero-order valence-electron chi connectivity index (χ0n) is 12.0. The molecule has 0 atom stereocenters. The van der Waals surface area contributed by atoms with Gasteiger partial charge < -0.3 is 4.98 Å². The van der Waals surface area contributed by atoms with E-state index in [2.05, 4.69) is 25.4 Å². The molecule has 1 N–H and O–H groups in total. The molecule has 1 heterocycles. The quantitative estimate of drug-likeness (QED) is 0.758. The van der Waals surface area contributed by atoms with E-state index in [1.807, 2.05) is 32.9 Å². The molecule has 98 valence electrons. The van der Waals surface area contributed by atoms with Crippen LogP contribution in [0.15, 0.2) is 18.9 Å². The Morgan fingerprint density at radius 1 is 1.44 bits per heavy atom. The van der Waals surface area contributed by atoms with Crippen LogP contribution < -0.4 is 0 Å². The molecule has 2 nitrogen and oxygen atoms in total. The summed E-state index contributed by atoms with van der Waals surface area (Å²) in [6.45, 7) is 13.9. The predicted octanol–water partition coefficient (Wildman–Crippen LogP) is 4.56. The zero-order valence-corrected chi connectivity index (χ0v) is 12.0. The van der Waals surface area contributed by atoms with Gasteiger partial charge in [-0.3, -0.25) is 4.79 Å². The predicted molar refractivity (Wildman–Crippen MR) is 78.5 cm³/mol. The van der Waals surface area contributed by atoms with E-state index in [4.69, 9.17) is 0 Å². The van der Waals surface area contributed by atoms with Crippen molar-refractivity contribution in [3.63, 3.8) is 0 Å². The van der Waals surface area contributed by atoms with Crippen molar-refractivity contribution in [2.24, 2.45) is 11.3 Å². The van der Waals surface area contributed by atoms with Crippen LogP contribution in [0.5, 0.6) is 0 Å². The van der Waals surface area contributed by atoms with E-state index in [9.17, 15) is 4.79 Å². The molecular weight excluding hydrogens is 222 g/mol. The Bertz CT molecular complexity index is 475. The molecule has 0 aliphatic heterocycles. The molecule has 1 aromatic rings. The number of H-pyrrole nitrogens is 1. The highest BCUT2D eigenvalue weighted by Crippen LogP contribution is 2.32. The Labute approximate surface area is 110 Å². The lowest BCUT2D eigenvalue weighted by Crippen LogP contribution is -2.30. The van der Waals surface area contributed by atoms with E-state index >= 15 is 0 Å². The summed E-state index contributed by atoms with van der Waals surface area (Å²) >= 11 is 0. The number of Topliss-reactive ketones (excluding diaryl/α,β-unsaturated/α-hetero) is 1. The number of aromatic nitrogens is 1. The first-order valence-electron chi connectivity index (χ1n) is 6.37. The molecule has 0 bridgehead atoms. The van der Waals surface area contributed by atoms with Gasteiger partial charge in [-0.05, 0) is 18.9 Å². The second-order valence-electron chi connectivity index (χ2n) is 5.44. The Kier molecular flexibility index (Phi) is 4.33. The van der Waals surface area contributed by atoms with Crippen LogP contribution in [-0.4, -0.2) is 10.8 Å². The summed E-state index contributed by atoms with van der Waals surface area (Å²) in [7, 11) is 0. The molecular formula is C16H23NO. The molecule has 0 saturated carbocycles.